The van der Waals surface area contributed by atoms with Gasteiger partial charge in [-0.3, -0.25) is 4.79 Å². The monoisotopic (exact) mass is 361 g/mol. The van der Waals surface area contributed by atoms with Crippen molar-refractivity contribution in [1.29, 1.82) is 0 Å². The molecule has 2 aromatic carbocycles. The van der Waals surface area contributed by atoms with E-state index in [2.05, 4.69) is 28.3 Å². The molecule has 1 aliphatic rings. The molecule has 0 spiro atoms. The van der Waals surface area contributed by atoms with Crippen LogP contribution in [0, 0.1) is 0 Å². The van der Waals surface area contributed by atoms with E-state index >= 15 is 0 Å². The first-order chi connectivity index (χ1) is 11.7. The molecule has 0 saturated carbocycles. The Balaban J connectivity index is 1.52. The fourth-order valence-electron chi connectivity index (χ4n) is 2.73. The van der Waals surface area contributed by atoms with Crippen LogP contribution in [0.25, 0.3) is 0 Å². The van der Waals surface area contributed by atoms with Gasteiger partial charge in [0.2, 0.25) is 5.91 Å². The number of rotatable bonds is 5. The maximum absolute atomic E-state index is 12.3. The van der Waals surface area contributed by atoms with Crippen LogP contribution in [-0.2, 0) is 11.3 Å². The van der Waals surface area contributed by atoms with Crippen molar-refractivity contribution in [3.8, 4) is 0 Å². The summed E-state index contributed by atoms with van der Waals surface area (Å²) in [7, 11) is 0. The lowest BCUT2D eigenvalue weighted by molar-refractivity contribution is -0.123. The van der Waals surface area contributed by atoms with Gasteiger partial charge in [0.05, 0.1) is 0 Å². The first-order valence-electron chi connectivity index (χ1n) is 7.83. The number of hydrazine groups is 1. The number of benzene rings is 2. The highest BCUT2D eigenvalue weighted by Gasteiger charge is 2.29. The van der Waals surface area contributed by atoms with Crippen LogP contribution >= 0.6 is 23.4 Å². The van der Waals surface area contributed by atoms with Gasteiger partial charge in [-0.1, -0.05) is 35.9 Å². The summed E-state index contributed by atoms with van der Waals surface area (Å²) in [6.45, 7) is 0.535. The summed E-state index contributed by atoms with van der Waals surface area (Å²) in [5, 5.41) is 3.69. The molecule has 1 fully saturated rings. The number of halogens is 1. The van der Waals surface area contributed by atoms with E-state index < -0.39 is 0 Å². The Morgan fingerprint density at radius 2 is 2.04 bits per heavy atom. The normalized spacial score (nSPS) is 20.1. The molecule has 2 aromatic rings. The van der Waals surface area contributed by atoms with Gasteiger partial charge in [0.25, 0.3) is 0 Å². The van der Waals surface area contributed by atoms with E-state index in [4.69, 9.17) is 11.6 Å². The number of carbonyl (C=O) groups is 1. The van der Waals surface area contributed by atoms with Crippen LogP contribution in [0.4, 0.5) is 0 Å². The smallest absolute Gasteiger partial charge is 0.238 e. The molecule has 1 saturated heterocycles. The van der Waals surface area contributed by atoms with Crippen molar-refractivity contribution >= 4 is 29.3 Å². The van der Waals surface area contributed by atoms with Gasteiger partial charge in [0.1, 0.15) is 6.04 Å². The summed E-state index contributed by atoms with van der Waals surface area (Å²) in [4.78, 5) is 13.6. The lowest BCUT2D eigenvalue weighted by Gasteiger charge is -2.11. The molecular weight excluding hydrogens is 342 g/mol. The second-order valence-electron chi connectivity index (χ2n) is 5.75. The van der Waals surface area contributed by atoms with Gasteiger partial charge in [-0.05, 0) is 48.1 Å². The predicted molar refractivity (Wildman–Crippen MR) is 98.9 cm³/mol. The zero-order chi connectivity index (χ0) is 16.9. The first-order valence-corrected chi connectivity index (χ1v) is 9.43. The summed E-state index contributed by atoms with van der Waals surface area (Å²) in [6.07, 6.45) is 2.74. The summed E-state index contributed by atoms with van der Waals surface area (Å²) in [5.41, 5.74) is 8.42. The Hall–Kier alpha value is -1.53. The molecule has 2 atom stereocenters. The zero-order valence-corrected chi connectivity index (χ0v) is 15.0. The molecule has 0 radical (unpaired) electrons. The van der Waals surface area contributed by atoms with E-state index in [1.54, 1.807) is 11.8 Å². The third-order valence-electron chi connectivity index (χ3n) is 4.10. The Morgan fingerprint density at radius 1 is 1.25 bits per heavy atom. The van der Waals surface area contributed by atoms with Crippen molar-refractivity contribution in [2.24, 2.45) is 0 Å². The van der Waals surface area contributed by atoms with E-state index in [1.165, 1.54) is 4.90 Å². The number of carbonyl (C=O) groups excluding carboxylic acids is 1. The minimum atomic E-state index is -0.251. The van der Waals surface area contributed by atoms with Crippen molar-refractivity contribution < 1.29 is 4.79 Å². The molecule has 3 N–H and O–H groups in total. The summed E-state index contributed by atoms with van der Waals surface area (Å²) >= 11 is 7.74. The molecule has 0 aliphatic carbocycles. The third-order valence-corrected chi connectivity index (χ3v) is 5.08. The van der Waals surface area contributed by atoms with Crippen molar-refractivity contribution in [3.05, 3.63) is 64.7 Å². The van der Waals surface area contributed by atoms with Gasteiger partial charge < -0.3 is 5.32 Å². The van der Waals surface area contributed by atoms with Gasteiger partial charge >= 0.3 is 0 Å². The highest BCUT2D eigenvalue weighted by molar-refractivity contribution is 7.98. The van der Waals surface area contributed by atoms with E-state index in [0.29, 0.717) is 18.0 Å². The fourth-order valence-corrected chi connectivity index (χ4v) is 3.33. The van der Waals surface area contributed by atoms with E-state index in [-0.39, 0.29) is 18.0 Å². The largest absolute Gasteiger partial charge is 0.351 e. The number of nitrogens with one attached hydrogen (secondary N) is 3. The number of hydrogen-bond donors (Lipinski definition) is 3. The van der Waals surface area contributed by atoms with Crippen LogP contribution < -0.4 is 16.2 Å². The molecule has 4 nitrogen and oxygen atoms in total. The van der Waals surface area contributed by atoms with Gasteiger partial charge in [-0.2, -0.15) is 0 Å². The van der Waals surface area contributed by atoms with Gasteiger partial charge in [0.15, 0.2) is 0 Å². The van der Waals surface area contributed by atoms with E-state index in [0.717, 1.165) is 11.1 Å². The lowest BCUT2D eigenvalue weighted by atomic mass is 10.0. The van der Waals surface area contributed by atoms with E-state index in [9.17, 15) is 4.79 Å². The molecule has 1 heterocycles. The highest BCUT2D eigenvalue weighted by Crippen LogP contribution is 2.24. The molecule has 0 aromatic heterocycles. The van der Waals surface area contributed by atoms with Crippen LogP contribution in [-0.4, -0.2) is 18.2 Å². The van der Waals surface area contributed by atoms with Gasteiger partial charge in [-0.15, -0.1) is 11.8 Å². The van der Waals surface area contributed by atoms with E-state index in [1.807, 2.05) is 42.7 Å². The predicted octanol–water partition coefficient (Wildman–Crippen LogP) is 3.29. The lowest BCUT2D eigenvalue weighted by Crippen LogP contribution is -2.42. The molecule has 24 heavy (non-hydrogen) atoms. The molecule has 3 rings (SSSR count). The maximum atomic E-state index is 12.3. The average Bonchev–Trinajstić information content (AvgIpc) is 3.10. The first kappa shape index (κ1) is 17.3. The SMILES string of the molecule is CSc1ccc(CNC(=O)C2CC(c3cccc(Cl)c3)NN2)cc1. The Bertz CT molecular complexity index is 708. The molecule has 1 amide bonds. The molecule has 1 aliphatic heterocycles. The zero-order valence-electron chi connectivity index (χ0n) is 13.4. The number of amides is 1. The quantitative estimate of drug-likeness (QED) is 0.715. The van der Waals surface area contributed by atoms with Crippen LogP contribution in [0.3, 0.4) is 0 Å². The molecule has 6 heteroatoms. The van der Waals surface area contributed by atoms with Crippen molar-refractivity contribution in [1.82, 2.24) is 16.2 Å². The van der Waals surface area contributed by atoms with Crippen molar-refractivity contribution in [2.75, 3.05) is 6.26 Å². The van der Waals surface area contributed by atoms with Crippen molar-refractivity contribution in [2.45, 2.75) is 29.9 Å². The Kier molecular flexibility index (Phi) is 5.79. The topological polar surface area (TPSA) is 53.2 Å². The molecule has 0 bridgehead atoms. The minimum absolute atomic E-state index is 0.000899. The second-order valence-corrected chi connectivity index (χ2v) is 7.07. The average molecular weight is 362 g/mol. The van der Waals surface area contributed by atoms with Gasteiger partial charge in [0, 0.05) is 22.5 Å². The third kappa shape index (κ3) is 4.30. The number of thioether (sulfide) groups is 1. The maximum Gasteiger partial charge on any atom is 0.238 e. The summed E-state index contributed by atoms with van der Waals surface area (Å²) in [6, 6.07) is 15.8. The standard InChI is InChI=1S/C18H20ClN3OS/c1-24-15-7-5-12(6-8-15)11-20-18(23)17-10-16(21-22-17)13-3-2-4-14(19)9-13/h2-9,16-17,21-22H,10-11H2,1H3,(H,20,23). The summed E-state index contributed by atoms with van der Waals surface area (Å²) in [5.74, 6) is 0.000899. The summed E-state index contributed by atoms with van der Waals surface area (Å²) < 4.78 is 0. The van der Waals surface area contributed by atoms with Crippen LogP contribution in [0.2, 0.25) is 5.02 Å². The van der Waals surface area contributed by atoms with Crippen molar-refractivity contribution in [3.63, 3.8) is 0 Å². The second kappa shape index (κ2) is 8.03. The Labute approximate surface area is 151 Å². The molecule has 2 unspecified atom stereocenters. The van der Waals surface area contributed by atoms with Crippen LogP contribution in [0.15, 0.2) is 53.4 Å². The highest BCUT2D eigenvalue weighted by atomic mass is 35.5. The fraction of sp³-hybridized carbons (Fsp3) is 0.278. The molecule has 126 valence electrons. The van der Waals surface area contributed by atoms with Gasteiger partial charge in [-0.25, -0.2) is 10.9 Å². The Morgan fingerprint density at radius 3 is 2.75 bits per heavy atom. The van der Waals surface area contributed by atoms with Crippen LogP contribution in [0.1, 0.15) is 23.6 Å². The van der Waals surface area contributed by atoms with Crippen LogP contribution in [0.5, 0.6) is 0 Å². The minimum Gasteiger partial charge on any atom is -0.351 e. The molecular formula is C18H20ClN3OS. The number of hydrogen-bond acceptors (Lipinski definition) is 4.